The van der Waals surface area contributed by atoms with Crippen LogP contribution in [-0.4, -0.2) is 24.0 Å². The second kappa shape index (κ2) is 13.2. The van der Waals surface area contributed by atoms with Crippen molar-refractivity contribution in [2.24, 2.45) is 5.92 Å². The Kier molecular flexibility index (Phi) is 10.5. The first-order valence-corrected chi connectivity index (χ1v) is 10.6. The molecule has 29 heavy (non-hydrogen) atoms. The summed E-state index contributed by atoms with van der Waals surface area (Å²) in [7, 11) is 0. The Morgan fingerprint density at radius 3 is 2.62 bits per heavy atom. The van der Waals surface area contributed by atoms with Crippen LogP contribution in [0.15, 0.2) is 42.6 Å². The van der Waals surface area contributed by atoms with Gasteiger partial charge in [-0.2, -0.15) is 0 Å². The van der Waals surface area contributed by atoms with Crippen molar-refractivity contribution in [2.75, 3.05) is 13.2 Å². The van der Waals surface area contributed by atoms with Crippen molar-refractivity contribution in [1.29, 1.82) is 0 Å². The number of rotatable bonds is 9. The van der Waals surface area contributed by atoms with Crippen molar-refractivity contribution >= 4 is 5.78 Å². The van der Waals surface area contributed by atoms with E-state index in [1.165, 1.54) is 12.1 Å². The minimum absolute atomic E-state index is 0. The molecule has 2 aromatic rings. The third-order valence-electron chi connectivity index (χ3n) is 4.89. The first-order chi connectivity index (χ1) is 14.2. The van der Waals surface area contributed by atoms with Crippen molar-refractivity contribution in [3.8, 4) is 0 Å². The average molecular weight is 404 g/mol. The van der Waals surface area contributed by atoms with Gasteiger partial charge in [-0.25, -0.2) is 4.39 Å². The predicted octanol–water partition coefficient (Wildman–Crippen LogP) is 5.99. The van der Waals surface area contributed by atoms with Crippen LogP contribution in [0, 0.1) is 11.7 Å². The Balaban J connectivity index is 0.00000146. The Bertz CT molecular complexity index is 733. The SMILES string of the molecule is CC.O=C(CCCC1CCOCC1)c1ccc(COCc2cccc(F)c2)cn1.[HH]. The van der Waals surface area contributed by atoms with E-state index >= 15 is 0 Å². The maximum Gasteiger partial charge on any atom is 0.181 e. The van der Waals surface area contributed by atoms with Crippen LogP contribution in [0.1, 0.15) is 69.0 Å². The normalized spacial score (nSPS) is 14.2. The highest BCUT2D eigenvalue weighted by molar-refractivity contribution is 5.94. The average Bonchev–Trinajstić information content (AvgIpc) is 2.76. The molecule has 1 aromatic carbocycles. The highest BCUT2D eigenvalue weighted by Crippen LogP contribution is 2.21. The summed E-state index contributed by atoms with van der Waals surface area (Å²) < 4.78 is 24.1. The van der Waals surface area contributed by atoms with Gasteiger partial charge in [0.15, 0.2) is 5.78 Å². The summed E-state index contributed by atoms with van der Waals surface area (Å²) in [5.74, 6) is 0.517. The van der Waals surface area contributed by atoms with Crippen LogP contribution >= 0.6 is 0 Å². The van der Waals surface area contributed by atoms with E-state index in [2.05, 4.69) is 4.98 Å². The summed E-state index contributed by atoms with van der Waals surface area (Å²) in [6.45, 7) is 6.41. The summed E-state index contributed by atoms with van der Waals surface area (Å²) in [6, 6.07) is 9.98. The number of pyridine rings is 1. The molecule has 0 N–H and O–H groups in total. The highest BCUT2D eigenvalue weighted by Gasteiger charge is 2.15. The number of carbonyl (C=O) groups excluding carboxylic acids is 1. The first kappa shape index (κ1) is 23.2. The van der Waals surface area contributed by atoms with Gasteiger partial charge in [-0.15, -0.1) is 0 Å². The lowest BCUT2D eigenvalue weighted by Crippen LogP contribution is -2.15. The van der Waals surface area contributed by atoms with E-state index in [1.54, 1.807) is 18.3 Å². The third-order valence-corrected chi connectivity index (χ3v) is 4.89. The van der Waals surface area contributed by atoms with Gasteiger partial charge in [-0.05, 0) is 60.9 Å². The molecule has 1 aromatic heterocycles. The van der Waals surface area contributed by atoms with E-state index in [4.69, 9.17) is 9.47 Å². The van der Waals surface area contributed by atoms with Crippen molar-refractivity contribution < 1.29 is 20.1 Å². The van der Waals surface area contributed by atoms with E-state index in [0.717, 1.165) is 50.0 Å². The Hall–Kier alpha value is -2.11. The number of carbonyl (C=O) groups is 1. The molecule has 5 heteroatoms. The molecule has 2 heterocycles. The first-order valence-electron chi connectivity index (χ1n) is 10.6. The number of hydrogen-bond acceptors (Lipinski definition) is 4. The Morgan fingerprint density at radius 1 is 1.17 bits per heavy atom. The van der Waals surface area contributed by atoms with Gasteiger partial charge in [0.1, 0.15) is 11.5 Å². The fourth-order valence-corrected chi connectivity index (χ4v) is 3.30. The number of benzene rings is 1. The lowest BCUT2D eigenvalue weighted by molar-refractivity contribution is 0.0629. The van der Waals surface area contributed by atoms with E-state index in [9.17, 15) is 9.18 Å². The molecule has 0 saturated carbocycles. The number of ketones is 1. The van der Waals surface area contributed by atoms with E-state index in [-0.39, 0.29) is 13.0 Å². The zero-order valence-corrected chi connectivity index (χ0v) is 17.5. The van der Waals surface area contributed by atoms with Gasteiger partial charge in [0, 0.05) is 27.3 Å². The lowest BCUT2D eigenvalue weighted by atomic mass is 9.93. The maximum absolute atomic E-state index is 13.1. The molecular weight excluding hydrogens is 369 g/mol. The monoisotopic (exact) mass is 403 g/mol. The molecule has 1 fully saturated rings. The largest absolute Gasteiger partial charge is 0.381 e. The van der Waals surface area contributed by atoms with Crippen LogP contribution < -0.4 is 0 Å². The smallest absolute Gasteiger partial charge is 0.181 e. The molecule has 0 spiro atoms. The molecule has 1 saturated heterocycles. The zero-order valence-electron chi connectivity index (χ0n) is 17.5. The molecule has 0 radical (unpaired) electrons. The van der Waals surface area contributed by atoms with Crippen molar-refractivity contribution in [3.05, 3.63) is 65.2 Å². The van der Waals surface area contributed by atoms with E-state index in [1.807, 2.05) is 26.0 Å². The molecule has 0 amide bonds. The van der Waals surface area contributed by atoms with Crippen LogP contribution in [0.2, 0.25) is 0 Å². The quantitative estimate of drug-likeness (QED) is 0.483. The summed E-state index contributed by atoms with van der Waals surface area (Å²) in [5.41, 5.74) is 2.19. The zero-order chi connectivity index (χ0) is 20.9. The van der Waals surface area contributed by atoms with Gasteiger partial charge in [0.25, 0.3) is 0 Å². The van der Waals surface area contributed by atoms with Gasteiger partial charge in [-0.3, -0.25) is 9.78 Å². The van der Waals surface area contributed by atoms with Gasteiger partial charge in [0.2, 0.25) is 0 Å². The number of halogens is 1. The summed E-state index contributed by atoms with van der Waals surface area (Å²) in [4.78, 5) is 16.5. The minimum Gasteiger partial charge on any atom is -0.381 e. The third kappa shape index (κ3) is 8.42. The maximum atomic E-state index is 13.1. The van der Waals surface area contributed by atoms with Gasteiger partial charge >= 0.3 is 0 Å². The summed E-state index contributed by atoms with van der Waals surface area (Å²) in [5, 5.41) is 0. The fraction of sp³-hybridized carbons (Fsp3) is 0.500. The molecule has 0 atom stereocenters. The molecule has 4 nitrogen and oxygen atoms in total. The molecular formula is C24H34FNO3. The van der Waals surface area contributed by atoms with Crippen molar-refractivity contribution in [1.82, 2.24) is 4.98 Å². The van der Waals surface area contributed by atoms with Gasteiger partial charge in [0.05, 0.1) is 13.2 Å². The van der Waals surface area contributed by atoms with E-state index < -0.39 is 0 Å². The molecule has 0 aliphatic carbocycles. The number of hydrogen-bond donors (Lipinski definition) is 0. The predicted molar refractivity (Wildman–Crippen MR) is 114 cm³/mol. The Morgan fingerprint density at radius 2 is 1.93 bits per heavy atom. The standard InChI is InChI=1S/C22H26FNO3.C2H6.H2/c23-20-5-1-4-18(13-20)15-27-16-19-7-8-21(24-14-19)22(25)6-2-3-17-9-11-26-12-10-17;1-2;/h1,4-5,7-8,13-14,17H,2-3,6,9-12,15-16H2;1-2H3;1H. The molecule has 0 unspecified atom stereocenters. The molecule has 1 aliphatic rings. The van der Waals surface area contributed by atoms with Gasteiger partial charge in [-0.1, -0.05) is 32.0 Å². The molecule has 160 valence electrons. The van der Waals surface area contributed by atoms with Crippen LogP contribution in [0.4, 0.5) is 4.39 Å². The second-order valence-electron chi connectivity index (χ2n) is 7.05. The fourth-order valence-electron chi connectivity index (χ4n) is 3.30. The topological polar surface area (TPSA) is 48.4 Å². The van der Waals surface area contributed by atoms with Crippen LogP contribution in [-0.2, 0) is 22.7 Å². The second-order valence-corrected chi connectivity index (χ2v) is 7.05. The highest BCUT2D eigenvalue weighted by atomic mass is 19.1. The molecule has 3 rings (SSSR count). The number of Topliss-reactive ketones (excluding diaryl/α,β-unsaturated/α-hetero) is 1. The Labute approximate surface area is 174 Å². The van der Waals surface area contributed by atoms with Crippen LogP contribution in [0.25, 0.3) is 0 Å². The molecule has 0 bridgehead atoms. The minimum atomic E-state index is -0.266. The molecule has 1 aliphatic heterocycles. The number of nitrogens with zero attached hydrogens (tertiary/aromatic N) is 1. The lowest BCUT2D eigenvalue weighted by Gasteiger charge is -2.21. The van der Waals surface area contributed by atoms with Crippen molar-refractivity contribution in [3.63, 3.8) is 0 Å². The summed E-state index contributed by atoms with van der Waals surface area (Å²) in [6.07, 6.45) is 6.43. The van der Waals surface area contributed by atoms with Gasteiger partial charge < -0.3 is 9.47 Å². The van der Waals surface area contributed by atoms with Crippen LogP contribution in [0.3, 0.4) is 0 Å². The van der Waals surface area contributed by atoms with Crippen LogP contribution in [0.5, 0.6) is 0 Å². The number of ether oxygens (including phenoxy) is 2. The van der Waals surface area contributed by atoms with E-state index in [0.29, 0.717) is 31.2 Å². The van der Waals surface area contributed by atoms with Crippen molar-refractivity contribution in [2.45, 2.75) is 59.2 Å². The summed E-state index contributed by atoms with van der Waals surface area (Å²) >= 11 is 0. The number of aromatic nitrogens is 1.